The van der Waals surface area contributed by atoms with Crippen LogP contribution in [0.25, 0.3) is 0 Å². The van der Waals surface area contributed by atoms with E-state index in [1.165, 1.54) is 0 Å². The Balaban J connectivity index is 2.10. The van der Waals surface area contributed by atoms with Crippen LogP contribution >= 0.6 is 0 Å². The van der Waals surface area contributed by atoms with Gasteiger partial charge in [0.25, 0.3) is 0 Å². The van der Waals surface area contributed by atoms with Crippen LogP contribution in [0.4, 0.5) is 0 Å². The number of nitrogens with one attached hydrogen (secondary N) is 1. The lowest BCUT2D eigenvalue weighted by Gasteiger charge is -1.94. The van der Waals surface area contributed by atoms with Crippen LogP contribution in [0.15, 0.2) is 18.6 Å². The molecule has 2 aromatic heterocycles. The van der Waals surface area contributed by atoms with Crippen LogP contribution in [0.1, 0.15) is 11.5 Å². The topological polar surface area (TPSA) is 85.4 Å². The Bertz CT molecular complexity index is 362. The summed E-state index contributed by atoms with van der Waals surface area (Å²) >= 11 is 0. The van der Waals surface area contributed by atoms with Gasteiger partial charge in [-0.2, -0.15) is 0 Å². The second kappa shape index (κ2) is 3.36. The second-order valence-corrected chi connectivity index (χ2v) is 2.65. The molecule has 0 saturated carbocycles. The van der Waals surface area contributed by atoms with Gasteiger partial charge in [0.2, 0.25) is 0 Å². The number of hydrogen-bond acceptors (Lipinski definition) is 4. The maximum atomic E-state index is 5.40. The van der Waals surface area contributed by atoms with Crippen LogP contribution in [-0.4, -0.2) is 25.0 Å². The van der Waals surface area contributed by atoms with Gasteiger partial charge in [-0.25, -0.2) is 9.67 Å². The van der Waals surface area contributed by atoms with E-state index in [2.05, 4.69) is 20.3 Å². The lowest BCUT2D eigenvalue weighted by Crippen LogP contribution is -2.02. The SMILES string of the molecule is NCc1cn(Cc2ncc[nH]2)nn1. The number of nitrogens with two attached hydrogens (primary N) is 1. The molecule has 0 atom stereocenters. The summed E-state index contributed by atoms with van der Waals surface area (Å²) in [6, 6.07) is 0. The van der Waals surface area contributed by atoms with Crippen molar-refractivity contribution in [3.05, 3.63) is 30.1 Å². The summed E-state index contributed by atoms with van der Waals surface area (Å²) in [5.74, 6) is 0.855. The van der Waals surface area contributed by atoms with Crippen LogP contribution in [0.2, 0.25) is 0 Å². The number of nitrogens with zero attached hydrogens (tertiary/aromatic N) is 4. The molecule has 3 N–H and O–H groups in total. The molecule has 0 spiro atoms. The van der Waals surface area contributed by atoms with E-state index in [4.69, 9.17) is 5.73 Å². The predicted octanol–water partition coefficient (Wildman–Crippen LogP) is -0.492. The molecule has 0 aromatic carbocycles. The lowest BCUT2D eigenvalue weighted by molar-refractivity contribution is 0.629. The predicted molar refractivity (Wildman–Crippen MR) is 45.6 cm³/mol. The monoisotopic (exact) mass is 178 g/mol. The fourth-order valence-corrected chi connectivity index (χ4v) is 1.05. The lowest BCUT2D eigenvalue weighted by atomic mass is 10.5. The van der Waals surface area contributed by atoms with E-state index >= 15 is 0 Å². The van der Waals surface area contributed by atoms with Crippen molar-refractivity contribution in [1.29, 1.82) is 0 Å². The summed E-state index contributed by atoms with van der Waals surface area (Å²) in [4.78, 5) is 7.05. The zero-order valence-corrected chi connectivity index (χ0v) is 7.01. The van der Waals surface area contributed by atoms with Crippen molar-refractivity contribution in [2.75, 3.05) is 0 Å². The van der Waals surface area contributed by atoms with Crippen LogP contribution in [0.5, 0.6) is 0 Å². The third kappa shape index (κ3) is 1.73. The molecule has 0 saturated heterocycles. The van der Waals surface area contributed by atoms with Crippen LogP contribution < -0.4 is 5.73 Å². The molecule has 0 amide bonds. The third-order valence-corrected chi connectivity index (χ3v) is 1.66. The standard InChI is InChI=1S/C7H10N6/c8-3-6-4-13(12-11-6)5-7-9-1-2-10-7/h1-2,4H,3,5,8H2,(H,9,10). The molecule has 6 heteroatoms. The number of aromatic amines is 1. The zero-order valence-electron chi connectivity index (χ0n) is 7.01. The van der Waals surface area contributed by atoms with Gasteiger partial charge in [-0.3, -0.25) is 0 Å². The van der Waals surface area contributed by atoms with Crippen molar-refractivity contribution in [3.8, 4) is 0 Å². The number of hydrogen-bond donors (Lipinski definition) is 2. The zero-order chi connectivity index (χ0) is 9.10. The minimum atomic E-state index is 0.415. The molecular formula is C7H10N6. The van der Waals surface area contributed by atoms with E-state index in [1.807, 2.05) is 6.20 Å². The molecule has 0 unspecified atom stereocenters. The first kappa shape index (κ1) is 7.93. The van der Waals surface area contributed by atoms with E-state index in [9.17, 15) is 0 Å². The summed E-state index contributed by atoms with van der Waals surface area (Å²) < 4.78 is 1.70. The smallest absolute Gasteiger partial charge is 0.127 e. The largest absolute Gasteiger partial charge is 0.347 e. The average molecular weight is 178 g/mol. The summed E-state index contributed by atoms with van der Waals surface area (Å²) in [5, 5.41) is 7.75. The molecule has 0 fully saturated rings. The maximum absolute atomic E-state index is 5.40. The van der Waals surface area contributed by atoms with Crippen molar-refractivity contribution >= 4 is 0 Å². The van der Waals surface area contributed by atoms with Gasteiger partial charge in [0.05, 0.1) is 11.9 Å². The Morgan fingerprint density at radius 1 is 1.54 bits per heavy atom. The highest BCUT2D eigenvalue weighted by Crippen LogP contribution is 1.95. The van der Waals surface area contributed by atoms with Gasteiger partial charge in [-0.05, 0) is 0 Å². The molecule has 2 rings (SSSR count). The Hall–Kier alpha value is -1.69. The summed E-state index contributed by atoms with van der Waals surface area (Å²) in [6.45, 7) is 1.01. The molecule has 0 radical (unpaired) electrons. The molecule has 68 valence electrons. The third-order valence-electron chi connectivity index (χ3n) is 1.66. The van der Waals surface area contributed by atoms with Crippen LogP contribution in [0, 0.1) is 0 Å². The fraction of sp³-hybridized carbons (Fsp3) is 0.286. The first-order valence-corrected chi connectivity index (χ1v) is 3.96. The normalized spacial score (nSPS) is 10.5. The minimum absolute atomic E-state index is 0.415. The molecule has 2 aromatic rings. The highest BCUT2D eigenvalue weighted by molar-refractivity contribution is 4.94. The van der Waals surface area contributed by atoms with E-state index in [-0.39, 0.29) is 0 Å². The molecule has 0 aliphatic heterocycles. The minimum Gasteiger partial charge on any atom is -0.347 e. The Morgan fingerprint density at radius 3 is 3.08 bits per heavy atom. The van der Waals surface area contributed by atoms with Gasteiger partial charge in [0.1, 0.15) is 12.4 Å². The summed E-state index contributed by atoms with van der Waals surface area (Å²) in [5.41, 5.74) is 6.18. The van der Waals surface area contributed by atoms with Crippen molar-refractivity contribution in [1.82, 2.24) is 25.0 Å². The van der Waals surface area contributed by atoms with Gasteiger partial charge in [0.15, 0.2) is 0 Å². The maximum Gasteiger partial charge on any atom is 0.127 e. The van der Waals surface area contributed by atoms with E-state index in [0.29, 0.717) is 13.1 Å². The average Bonchev–Trinajstić information content (AvgIpc) is 2.76. The van der Waals surface area contributed by atoms with Crippen molar-refractivity contribution < 1.29 is 0 Å². The first-order chi connectivity index (χ1) is 6.38. The molecule has 6 nitrogen and oxygen atoms in total. The van der Waals surface area contributed by atoms with Gasteiger partial charge >= 0.3 is 0 Å². The molecule has 0 aliphatic carbocycles. The Morgan fingerprint density at radius 2 is 2.46 bits per heavy atom. The summed E-state index contributed by atoms with van der Waals surface area (Å²) in [7, 11) is 0. The molecule has 13 heavy (non-hydrogen) atoms. The molecular weight excluding hydrogens is 168 g/mol. The number of rotatable bonds is 3. The highest BCUT2D eigenvalue weighted by atomic mass is 15.4. The molecule has 0 aliphatic rings. The fourth-order valence-electron chi connectivity index (χ4n) is 1.05. The Kier molecular flexibility index (Phi) is 2.05. The number of H-pyrrole nitrogens is 1. The molecule has 0 bridgehead atoms. The van der Waals surface area contributed by atoms with Gasteiger partial charge < -0.3 is 10.7 Å². The van der Waals surface area contributed by atoms with Gasteiger partial charge in [0, 0.05) is 18.9 Å². The van der Waals surface area contributed by atoms with Gasteiger partial charge in [-0.1, -0.05) is 5.21 Å². The quantitative estimate of drug-likeness (QED) is 0.664. The highest BCUT2D eigenvalue weighted by Gasteiger charge is 2.00. The van der Waals surface area contributed by atoms with E-state index in [0.717, 1.165) is 11.5 Å². The van der Waals surface area contributed by atoms with Crippen molar-refractivity contribution in [3.63, 3.8) is 0 Å². The number of aromatic nitrogens is 5. The van der Waals surface area contributed by atoms with Gasteiger partial charge in [-0.15, -0.1) is 5.10 Å². The first-order valence-electron chi connectivity index (χ1n) is 3.96. The van der Waals surface area contributed by atoms with Crippen molar-refractivity contribution in [2.24, 2.45) is 5.73 Å². The van der Waals surface area contributed by atoms with Crippen molar-refractivity contribution in [2.45, 2.75) is 13.1 Å². The number of imidazole rings is 1. The van der Waals surface area contributed by atoms with E-state index < -0.39 is 0 Å². The van der Waals surface area contributed by atoms with Crippen LogP contribution in [-0.2, 0) is 13.1 Å². The molecule has 2 heterocycles. The van der Waals surface area contributed by atoms with Crippen LogP contribution in [0.3, 0.4) is 0 Å². The Labute approximate surface area is 74.8 Å². The van der Waals surface area contributed by atoms with E-state index in [1.54, 1.807) is 17.1 Å². The second-order valence-electron chi connectivity index (χ2n) is 2.65. The summed E-state index contributed by atoms with van der Waals surface area (Å²) in [6.07, 6.45) is 5.29.